The first-order valence-electron chi connectivity index (χ1n) is 11.3. The minimum absolute atomic E-state index is 0.109. The van der Waals surface area contributed by atoms with Crippen molar-refractivity contribution < 1.29 is 14.7 Å². The number of carbonyl (C=O) groups excluding carboxylic acids is 2. The van der Waals surface area contributed by atoms with Gasteiger partial charge in [-0.3, -0.25) is 14.6 Å². The number of aromatic nitrogens is 1. The van der Waals surface area contributed by atoms with Crippen molar-refractivity contribution in [2.45, 2.75) is 25.0 Å². The van der Waals surface area contributed by atoms with Crippen LogP contribution in [0, 0.1) is 0 Å². The molecule has 1 aromatic heterocycles. The van der Waals surface area contributed by atoms with Crippen molar-refractivity contribution in [1.29, 1.82) is 0 Å². The number of hydrogen-bond donors (Lipinski definition) is 3. The number of aliphatic hydroxyl groups is 1. The number of hydrogen-bond acceptors (Lipinski definition) is 4. The topological polar surface area (TPSA) is 91.3 Å². The maximum absolute atomic E-state index is 13.1. The predicted molar refractivity (Wildman–Crippen MR) is 132 cm³/mol. The smallest absolute Gasteiger partial charge is 0.256 e. The Bertz CT molecular complexity index is 1280. The van der Waals surface area contributed by atoms with Crippen LogP contribution in [0.4, 0.5) is 0 Å². The fraction of sp³-hybridized carbons (Fsp3) is 0.179. The number of carbonyl (C=O) groups is 2. The van der Waals surface area contributed by atoms with Gasteiger partial charge in [0.05, 0.1) is 11.6 Å². The molecular weight excluding hydrogens is 426 g/mol. The normalized spacial score (nSPS) is 13.6. The van der Waals surface area contributed by atoms with Gasteiger partial charge in [0.15, 0.2) is 5.60 Å². The maximum atomic E-state index is 13.1. The fourth-order valence-corrected chi connectivity index (χ4v) is 3.97. The molecule has 1 heterocycles. The predicted octanol–water partition coefficient (Wildman–Crippen LogP) is 4.12. The molecule has 0 bridgehead atoms. The van der Waals surface area contributed by atoms with E-state index in [4.69, 9.17) is 0 Å². The van der Waals surface area contributed by atoms with Crippen LogP contribution in [-0.4, -0.2) is 28.4 Å². The summed E-state index contributed by atoms with van der Waals surface area (Å²) in [5.74, 6) is -0.808. The summed E-state index contributed by atoms with van der Waals surface area (Å²) < 4.78 is 0. The highest BCUT2D eigenvalue weighted by atomic mass is 16.3. The highest BCUT2D eigenvalue weighted by Crippen LogP contribution is 2.26. The number of nitrogens with one attached hydrogen (secondary N) is 2. The molecule has 6 heteroatoms. The van der Waals surface area contributed by atoms with Gasteiger partial charge in [0.2, 0.25) is 0 Å². The molecule has 0 fully saturated rings. The first-order valence-corrected chi connectivity index (χ1v) is 11.3. The third kappa shape index (κ3) is 4.97. The molecule has 3 N–H and O–H groups in total. The molecule has 2 amide bonds. The van der Waals surface area contributed by atoms with Crippen molar-refractivity contribution in [2.75, 3.05) is 6.54 Å². The Morgan fingerprint density at radius 1 is 0.941 bits per heavy atom. The zero-order chi connectivity index (χ0) is 24.0. The number of benzene rings is 3. The molecule has 0 saturated heterocycles. The standard InChI is InChI=1S/C28H27N3O3/c1-2-28(34,24-12-4-3-5-13-24)27(33)30-19-25(31-26(32)23-11-8-16-29-18-23)22-15-14-20-9-6-7-10-21(20)17-22/h3-18,25,34H,2,19H2,1H3,(H,30,33)(H,31,32). The first kappa shape index (κ1) is 23.1. The molecule has 0 aliphatic heterocycles. The lowest BCUT2D eigenvalue weighted by molar-refractivity contribution is -0.141. The average Bonchev–Trinajstić information content (AvgIpc) is 2.90. The molecule has 0 saturated carbocycles. The van der Waals surface area contributed by atoms with Crippen LogP contribution in [0.15, 0.2) is 97.3 Å². The fourth-order valence-electron chi connectivity index (χ4n) is 3.97. The minimum atomic E-state index is -1.66. The quantitative estimate of drug-likeness (QED) is 0.374. The molecular formula is C28H27N3O3. The van der Waals surface area contributed by atoms with Crippen molar-refractivity contribution in [3.63, 3.8) is 0 Å². The molecule has 172 valence electrons. The van der Waals surface area contributed by atoms with Gasteiger partial charge in [-0.1, -0.05) is 73.7 Å². The van der Waals surface area contributed by atoms with Crippen molar-refractivity contribution in [3.8, 4) is 0 Å². The van der Waals surface area contributed by atoms with Crippen LogP contribution < -0.4 is 10.6 Å². The maximum Gasteiger partial charge on any atom is 0.256 e. The van der Waals surface area contributed by atoms with Gasteiger partial charge in [0.1, 0.15) is 0 Å². The first-order chi connectivity index (χ1) is 16.5. The van der Waals surface area contributed by atoms with Crippen LogP contribution >= 0.6 is 0 Å². The van der Waals surface area contributed by atoms with E-state index in [1.54, 1.807) is 49.5 Å². The zero-order valence-electron chi connectivity index (χ0n) is 18.9. The van der Waals surface area contributed by atoms with E-state index in [-0.39, 0.29) is 18.9 Å². The number of amides is 2. The second-order valence-corrected chi connectivity index (χ2v) is 8.16. The third-order valence-electron chi connectivity index (χ3n) is 6.01. The van der Waals surface area contributed by atoms with Crippen LogP contribution in [0.3, 0.4) is 0 Å². The van der Waals surface area contributed by atoms with Gasteiger partial charge in [-0.25, -0.2) is 0 Å². The van der Waals surface area contributed by atoms with Crippen LogP contribution in [0.2, 0.25) is 0 Å². The molecule has 4 rings (SSSR count). The van der Waals surface area contributed by atoms with Crippen molar-refractivity contribution in [3.05, 3.63) is 114 Å². The van der Waals surface area contributed by atoms with Crippen LogP contribution in [-0.2, 0) is 10.4 Å². The summed E-state index contributed by atoms with van der Waals surface area (Å²) in [7, 11) is 0. The van der Waals surface area contributed by atoms with Crippen LogP contribution in [0.25, 0.3) is 10.8 Å². The summed E-state index contributed by atoms with van der Waals surface area (Å²) in [6.07, 6.45) is 3.31. The van der Waals surface area contributed by atoms with Gasteiger partial charge in [-0.2, -0.15) is 0 Å². The van der Waals surface area contributed by atoms with Gasteiger partial charge in [0, 0.05) is 18.9 Å². The molecule has 3 aromatic carbocycles. The second kappa shape index (κ2) is 10.3. The van der Waals surface area contributed by atoms with E-state index in [0.29, 0.717) is 11.1 Å². The summed E-state index contributed by atoms with van der Waals surface area (Å²) >= 11 is 0. The number of rotatable bonds is 8. The molecule has 4 aromatic rings. The van der Waals surface area contributed by atoms with E-state index in [1.165, 1.54) is 6.20 Å². The third-order valence-corrected chi connectivity index (χ3v) is 6.01. The number of pyridine rings is 1. The van der Waals surface area contributed by atoms with E-state index in [1.807, 2.05) is 48.5 Å². The number of fused-ring (bicyclic) bond motifs is 1. The van der Waals surface area contributed by atoms with Crippen LogP contribution in [0.5, 0.6) is 0 Å². The Kier molecular flexibility index (Phi) is 6.99. The zero-order valence-corrected chi connectivity index (χ0v) is 18.9. The lowest BCUT2D eigenvalue weighted by Gasteiger charge is -2.28. The highest BCUT2D eigenvalue weighted by Gasteiger charge is 2.36. The molecule has 2 unspecified atom stereocenters. The molecule has 0 radical (unpaired) electrons. The molecule has 0 spiro atoms. The summed E-state index contributed by atoms with van der Waals surface area (Å²) in [4.78, 5) is 30.0. The Morgan fingerprint density at radius 2 is 1.68 bits per heavy atom. The van der Waals surface area contributed by atoms with Crippen molar-refractivity contribution >= 4 is 22.6 Å². The van der Waals surface area contributed by atoms with Gasteiger partial charge in [-0.05, 0) is 46.5 Å². The van der Waals surface area contributed by atoms with Gasteiger partial charge < -0.3 is 15.7 Å². The highest BCUT2D eigenvalue weighted by molar-refractivity contribution is 5.94. The largest absolute Gasteiger partial charge is 0.375 e. The van der Waals surface area contributed by atoms with E-state index in [9.17, 15) is 14.7 Å². The monoisotopic (exact) mass is 453 g/mol. The number of nitrogens with zero attached hydrogens (tertiary/aromatic N) is 1. The lowest BCUT2D eigenvalue weighted by Crippen LogP contribution is -2.47. The van der Waals surface area contributed by atoms with E-state index < -0.39 is 17.6 Å². The van der Waals surface area contributed by atoms with E-state index in [0.717, 1.165) is 16.3 Å². The molecule has 0 aliphatic carbocycles. The van der Waals surface area contributed by atoms with Gasteiger partial charge >= 0.3 is 0 Å². The summed E-state index contributed by atoms with van der Waals surface area (Å²) in [5.41, 5.74) is 0.129. The van der Waals surface area contributed by atoms with E-state index >= 15 is 0 Å². The molecule has 34 heavy (non-hydrogen) atoms. The van der Waals surface area contributed by atoms with Crippen molar-refractivity contribution in [2.24, 2.45) is 0 Å². The summed E-state index contributed by atoms with van der Waals surface area (Å²) in [5, 5.41) is 19.1. The lowest BCUT2D eigenvalue weighted by atomic mass is 9.90. The van der Waals surface area contributed by atoms with Crippen LogP contribution in [0.1, 0.15) is 40.9 Å². The Morgan fingerprint density at radius 3 is 2.38 bits per heavy atom. The Hall–Kier alpha value is -4.03. The Balaban J connectivity index is 1.59. The van der Waals surface area contributed by atoms with Gasteiger partial charge in [0.25, 0.3) is 11.8 Å². The summed E-state index contributed by atoms with van der Waals surface area (Å²) in [6.45, 7) is 1.87. The molecule has 2 atom stereocenters. The second-order valence-electron chi connectivity index (χ2n) is 8.16. The van der Waals surface area contributed by atoms with Crippen molar-refractivity contribution in [1.82, 2.24) is 15.6 Å². The summed E-state index contributed by atoms with van der Waals surface area (Å²) in [6, 6.07) is 25.6. The average molecular weight is 454 g/mol. The molecule has 0 aliphatic rings. The Labute approximate surface area is 198 Å². The van der Waals surface area contributed by atoms with E-state index in [2.05, 4.69) is 15.6 Å². The SMILES string of the molecule is CCC(O)(C(=O)NCC(NC(=O)c1cccnc1)c1ccc2ccccc2c1)c1ccccc1. The van der Waals surface area contributed by atoms with Gasteiger partial charge in [-0.15, -0.1) is 0 Å². The minimum Gasteiger partial charge on any atom is -0.375 e. The molecule has 6 nitrogen and oxygen atoms in total.